The van der Waals surface area contributed by atoms with Gasteiger partial charge in [-0.15, -0.1) is 0 Å². The Hall–Kier alpha value is -3.02. The minimum atomic E-state index is -0.521. The predicted octanol–water partition coefficient (Wildman–Crippen LogP) is 3.42. The molecule has 0 atom stereocenters. The molecule has 1 N–H and O–H groups in total. The van der Waals surface area contributed by atoms with Gasteiger partial charge in [0.05, 0.1) is 14.2 Å². The molecule has 2 aromatic carbocycles. The molecule has 2 rings (SSSR count). The normalized spacial score (nSPS) is 10.2. The van der Waals surface area contributed by atoms with Crippen molar-refractivity contribution in [3.8, 4) is 11.5 Å². The zero-order valence-electron chi connectivity index (χ0n) is 15.6. The highest BCUT2D eigenvalue weighted by Crippen LogP contribution is 2.29. The van der Waals surface area contributed by atoms with Gasteiger partial charge < -0.3 is 19.5 Å². The summed E-state index contributed by atoms with van der Waals surface area (Å²) in [6, 6.07) is 8.83. The summed E-state index contributed by atoms with van der Waals surface area (Å²) in [5, 5.41) is 2.94. The van der Waals surface area contributed by atoms with Gasteiger partial charge in [-0.3, -0.25) is 4.79 Å². The number of hydrogen-bond donors (Lipinski definition) is 1. The first kappa shape index (κ1) is 19.3. The fourth-order valence-electron chi connectivity index (χ4n) is 2.69. The minimum absolute atomic E-state index is 0.270. The molecule has 0 fully saturated rings. The van der Waals surface area contributed by atoms with Crippen LogP contribution in [0.25, 0.3) is 0 Å². The number of carbonyl (C=O) groups is 2. The first-order valence-electron chi connectivity index (χ1n) is 8.12. The largest absolute Gasteiger partial charge is 0.493 e. The van der Waals surface area contributed by atoms with E-state index in [4.69, 9.17) is 9.47 Å². The van der Waals surface area contributed by atoms with Crippen molar-refractivity contribution in [2.75, 3.05) is 26.1 Å². The summed E-state index contributed by atoms with van der Waals surface area (Å²) in [6.45, 7) is 5.65. The first-order chi connectivity index (χ1) is 12.3. The van der Waals surface area contributed by atoms with Crippen LogP contribution in [0.1, 0.15) is 27.0 Å². The average molecular weight is 357 g/mol. The molecule has 0 radical (unpaired) electrons. The maximum Gasteiger partial charge on any atom is 0.343 e. The number of anilines is 1. The van der Waals surface area contributed by atoms with Gasteiger partial charge in [-0.2, -0.15) is 0 Å². The van der Waals surface area contributed by atoms with Gasteiger partial charge in [-0.25, -0.2) is 4.79 Å². The van der Waals surface area contributed by atoms with Crippen molar-refractivity contribution in [1.82, 2.24) is 0 Å². The molecule has 0 aliphatic heterocycles. The maximum absolute atomic E-state index is 12.7. The zero-order valence-corrected chi connectivity index (χ0v) is 15.6. The Morgan fingerprint density at radius 1 is 0.962 bits per heavy atom. The van der Waals surface area contributed by atoms with Crippen molar-refractivity contribution in [3.63, 3.8) is 0 Å². The number of ether oxygens (including phenoxy) is 3. The van der Waals surface area contributed by atoms with Crippen LogP contribution in [0.2, 0.25) is 0 Å². The Bertz CT molecular complexity index is 806. The van der Waals surface area contributed by atoms with E-state index in [0.29, 0.717) is 17.1 Å². The van der Waals surface area contributed by atoms with Gasteiger partial charge in [0.2, 0.25) is 0 Å². The van der Waals surface area contributed by atoms with Crippen LogP contribution in [-0.2, 0) is 9.53 Å². The average Bonchev–Trinajstić information content (AvgIpc) is 2.62. The Labute approximate surface area is 153 Å². The van der Waals surface area contributed by atoms with Crippen molar-refractivity contribution >= 4 is 17.6 Å². The molecular weight excluding hydrogens is 334 g/mol. The van der Waals surface area contributed by atoms with Gasteiger partial charge >= 0.3 is 5.97 Å². The van der Waals surface area contributed by atoms with Crippen LogP contribution in [0, 0.1) is 20.8 Å². The highest BCUT2D eigenvalue weighted by Gasteiger charge is 2.15. The van der Waals surface area contributed by atoms with Gasteiger partial charge in [-0.1, -0.05) is 17.7 Å². The standard InChI is InChI=1S/C20H23NO5/c1-12-8-13(2)19(14(3)9-12)21-20(23)15-6-7-16(24-4)17(10-15)26-11-18(22)25-5/h6-10H,11H2,1-5H3,(H,21,23). The summed E-state index contributed by atoms with van der Waals surface area (Å²) >= 11 is 0. The van der Waals surface area contributed by atoms with Crippen LogP contribution in [0.3, 0.4) is 0 Å². The van der Waals surface area contributed by atoms with E-state index in [1.165, 1.54) is 20.3 Å². The van der Waals surface area contributed by atoms with Gasteiger partial charge in [-0.05, 0) is 50.1 Å². The van der Waals surface area contributed by atoms with E-state index in [9.17, 15) is 9.59 Å². The molecule has 0 aliphatic carbocycles. The van der Waals surface area contributed by atoms with Gasteiger partial charge in [0.25, 0.3) is 5.91 Å². The summed E-state index contributed by atoms with van der Waals surface area (Å²) in [7, 11) is 2.76. The molecule has 6 heteroatoms. The zero-order chi connectivity index (χ0) is 19.3. The van der Waals surface area contributed by atoms with Gasteiger partial charge in [0.15, 0.2) is 18.1 Å². The third-order valence-electron chi connectivity index (χ3n) is 3.91. The van der Waals surface area contributed by atoms with E-state index in [0.717, 1.165) is 22.4 Å². The van der Waals surface area contributed by atoms with E-state index in [2.05, 4.69) is 10.1 Å². The molecule has 6 nitrogen and oxygen atoms in total. The number of methoxy groups -OCH3 is 2. The lowest BCUT2D eigenvalue weighted by Crippen LogP contribution is -2.16. The van der Waals surface area contributed by atoms with Crippen molar-refractivity contribution in [1.29, 1.82) is 0 Å². The fraction of sp³-hybridized carbons (Fsp3) is 0.300. The Morgan fingerprint density at radius 3 is 2.19 bits per heavy atom. The SMILES string of the molecule is COC(=O)COc1cc(C(=O)Nc2c(C)cc(C)cc2C)ccc1OC. The topological polar surface area (TPSA) is 73.9 Å². The van der Waals surface area contributed by atoms with Crippen LogP contribution >= 0.6 is 0 Å². The third-order valence-corrected chi connectivity index (χ3v) is 3.91. The number of carbonyl (C=O) groups excluding carboxylic acids is 2. The van der Waals surface area contributed by atoms with Crippen LogP contribution in [0.5, 0.6) is 11.5 Å². The summed E-state index contributed by atoms with van der Waals surface area (Å²) < 4.78 is 15.2. The molecule has 0 saturated carbocycles. The molecule has 0 aliphatic rings. The number of nitrogens with one attached hydrogen (secondary N) is 1. The smallest absolute Gasteiger partial charge is 0.343 e. The monoisotopic (exact) mass is 357 g/mol. The second kappa shape index (κ2) is 8.38. The second-order valence-corrected chi connectivity index (χ2v) is 5.96. The molecule has 0 spiro atoms. The Kier molecular flexibility index (Phi) is 6.22. The molecule has 0 saturated heterocycles. The molecule has 0 aromatic heterocycles. The van der Waals surface area contributed by atoms with Crippen molar-refractivity contribution < 1.29 is 23.8 Å². The maximum atomic E-state index is 12.7. The molecule has 1 amide bonds. The number of amides is 1. The first-order valence-corrected chi connectivity index (χ1v) is 8.12. The number of benzene rings is 2. The summed E-state index contributed by atoms with van der Waals surface area (Å²) in [6.07, 6.45) is 0. The summed E-state index contributed by atoms with van der Waals surface area (Å²) in [5.41, 5.74) is 4.30. The molecule has 2 aromatic rings. The molecule has 0 bridgehead atoms. The van der Waals surface area contributed by atoms with E-state index in [1.807, 2.05) is 32.9 Å². The predicted molar refractivity (Wildman–Crippen MR) is 99.1 cm³/mol. The quantitative estimate of drug-likeness (QED) is 0.802. The fourth-order valence-corrected chi connectivity index (χ4v) is 2.69. The second-order valence-electron chi connectivity index (χ2n) is 5.96. The van der Waals surface area contributed by atoms with Gasteiger partial charge in [0, 0.05) is 11.3 Å². The lowest BCUT2D eigenvalue weighted by Gasteiger charge is -2.14. The molecule has 0 unspecified atom stereocenters. The minimum Gasteiger partial charge on any atom is -0.493 e. The summed E-state index contributed by atoms with van der Waals surface area (Å²) in [5.74, 6) is -0.0745. The van der Waals surface area contributed by atoms with Crippen LogP contribution < -0.4 is 14.8 Å². The van der Waals surface area contributed by atoms with E-state index >= 15 is 0 Å². The van der Waals surface area contributed by atoms with Crippen molar-refractivity contribution in [2.45, 2.75) is 20.8 Å². The number of esters is 1. The highest BCUT2D eigenvalue weighted by atomic mass is 16.6. The highest BCUT2D eigenvalue weighted by molar-refractivity contribution is 6.05. The van der Waals surface area contributed by atoms with Crippen LogP contribution in [0.15, 0.2) is 30.3 Å². The van der Waals surface area contributed by atoms with Gasteiger partial charge in [0.1, 0.15) is 0 Å². The third kappa shape index (κ3) is 4.53. The Morgan fingerprint density at radius 2 is 1.62 bits per heavy atom. The van der Waals surface area contributed by atoms with E-state index < -0.39 is 5.97 Å². The number of rotatable bonds is 6. The number of hydrogen-bond acceptors (Lipinski definition) is 5. The number of aryl methyl sites for hydroxylation is 3. The van der Waals surface area contributed by atoms with E-state index in [-0.39, 0.29) is 12.5 Å². The van der Waals surface area contributed by atoms with Crippen molar-refractivity contribution in [3.05, 3.63) is 52.6 Å². The van der Waals surface area contributed by atoms with E-state index in [1.54, 1.807) is 12.1 Å². The molecule has 138 valence electrons. The summed E-state index contributed by atoms with van der Waals surface area (Å²) in [4.78, 5) is 23.9. The lowest BCUT2D eigenvalue weighted by atomic mass is 10.0. The van der Waals surface area contributed by atoms with Crippen LogP contribution in [-0.4, -0.2) is 32.7 Å². The lowest BCUT2D eigenvalue weighted by molar-refractivity contribution is -0.142. The Balaban J connectivity index is 2.25. The van der Waals surface area contributed by atoms with Crippen LogP contribution in [0.4, 0.5) is 5.69 Å². The molecular formula is C20H23NO5. The van der Waals surface area contributed by atoms with Crippen molar-refractivity contribution in [2.24, 2.45) is 0 Å². The molecule has 26 heavy (non-hydrogen) atoms. The molecule has 0 heterocycles.